The number of esters is 1. The van der Waals surface area contributed by atoms with Gasteiger partial charge in [0.1, 0.15) is 0 Å². The maximum Gasteiger partial charge on any atom is 0.349 e. The normalized spacial score (nSPS) is 14.6. The maximum absolute atomic E-state index is 12.9. The van der Waals surface area contributed by atoms with E-state index in [2.05, 4.69) is 4.74 Å². The molecule has 2 rings (SSSR count). The molecular formula is C8H5FO3. The molecule has 0 aromatic heterocycles. The molecule has 0 fully saturated rings. The van der Waals surface area contributed by atoms with Crippen molar-refractivity contribution >= 4 is 5.97 Å². The Hall–Kier alpha value is -1.58. The summed E-state index contributed by atoms with van der Waals surface area (Å²) in [6.07, 6.45) is 0. The third kappa shape index (κ3) is 1.01. The van der Waals surface area contributed by atoms with Gasteiger partial charge >= 0.3 is 5.97 Å². The Morgan fingerprint density at radius 2 is 2.25 bits per heavy atom. The van der Waals surface area contributed by atoms with Crippen LogP contribution in [0.15, 0.2) is 18.2 Å². The predicted octanol–water partition coefficient (Wildman–Crippen LogP) is 1.12. The van der Waals surface area contributed by atoms with Gasteiger partial charge in [-0.3, -0.25) is 0 Å². The Balaban J connectivity index is 2.50. The molecule has 0 spiro atoms. The van der Waals surface area contributed by atoms with Crippen LogP contribution in [0.2, 0.25) is 0 Å². The van der Waals surface area contributed by atoms with E-state index in [1.54, 1.807) is 6.07 Å². The molecule has 12 heavy (non-hydrogen) atoms. The first-order valence-corrected chi connectivity index (χ1v) is 3.39. The molecule has 0 saturated carbocycles. The lowest BCUT2D eigenvalue weighted by molar-refractivity contribution is -0.139. The lowest BCUT2D eigenvalue weighted by Crippen LogP contribution is -2.23. The summed E-state index contributed by atoms with van der Waals surface area (Å²) in [5.41, 5.74) is 0. The van der Waals surface area contributed by atoms with Gasteiger partial charge < -0.3 is 9.47 Å². The summed E-state index contributed by atoms with van der Waals surface area (Å²) in [6, 6.07) is 4.25. The molecule has 0 radical (unpaired) electrons. The van der Waals surface area contributed by atoms with Crippen molar-refractivity contribution in [1.29, 1.82) is 0 Å². The van der Waals surface area contributed by atoms with E-state index in [4.69, 9.17) is 4.74 Å². The second kappa shape index (κ2) is 2.48. The first-order chi connectivity index (χ1) is 5.77. The Labute approximate surface area is 67.7 Å². The summed E-state index contributed by atoms with van der Waals surface area (Å²) in [5.74, 6) is -1.00. The third-order valence-corrected chi connectivity index (χ3v) is 1.49. The van der Waals surface area contributed by atoms with E-state index in [0.29, 0.717) is 0 Å². The van der Waals surface area contributed by atoms with Crippen molar-refractivity contribution in [2.45, 2.75) is 0 Å². The zero-order valence-corrected chi connectivity index (χ0v) is 6.04. The fourth-order valence-corrected chi connectivity index (χ4v) is 0.982. The molecule has 1 heterocycles. The number of rotatable bonds is 0. The van der Waals surface area contributed by atoms with Crippen LogP contribution in [0.3, 0.4) is 0 Å². The number of hydrogen-bond acceptors (Lipinski definition) is 3. The number of carbonyl (C=O) groups is 1. The highest BCUT2D eigenvalue weighted by molar-refractivity contribution is 5.76. The van der Waals surface area contributed by atoms with Gasteiger partial charge in [0.15, 0.2) is 18.2 Å². The van der Waals surface area contributed by atoms with Crippen molar-refractivity contribution < 1.29 is 18.7 Å². The third-order valence-electron chi connectivity index (χ3n) is 1.49. The fourth-order valence-electron chi connectivity index (χ4n) is 0.982. The van der Waals surface area contributed by atoms with Gasteiger partial charge in [0.05, 0.1) is 0 Å². The van der Waals surface area contributed by atoms with Crippen LogP contribution in [0.4, 0.5) is 4.39 Å². The number of fused-ring (bicyclic) bond motifs is 1. The Bertz CT molecular complexity index is 335. The highest BCUT2D eigenvalue weighted by Crippen LogP contribution is 2.32. The highest BCUT2D eigenvalue weighted by atomic mass is 19.1. The molecule has 62 valence electrons. The van der Waals surface area contributed by atoms with Crippen LogP contribution in [-0.4, -0.2) is 12.6 Å². The average Bonchev–Trinajstić information content (AvgIpc) is 2.07. The Morgan fingerprint density at radius 3 is 3.08 bits per heavy atom. The van der Waals surface area contributed by atoms with Crippen molar-refractivity contribution in [3.8, 4) is 11.5 Å². The topological polar surface area (TPSA) is 35.5 Å². The molecule has 0 unspecified atom stereocenters. The molecule has 0 aliphatic carbocycles. The SMILES string of the molecule is O=C1COc2cccc(F)c2O1. The zero-order chi connectivity index (χ0) is 8.55. The number of halogens is 1. The van der Waals surface area contributed by atoms with Gasteiger partial charge in [-0.05, 0) is 12.1 Å². The fraction of sp³-hybridized carbons (Fsp3) is 0.125. The Kier molecular flexibility index (Phi) is 1.46. The summed E-state index contributed by atoms with van der Waals surface area (Å²) in [5, 5.41) is 0. The van der Waals surface area contributed by atoms with Crippen LogP contribution >= 0.6 is 0 Å². The molecule has 3 nitrogen and oxygen atoms in total. The number of carbonyl (C=O) groups excluding carboxylic acids is 1. The quantitative estimate of drug-likeness (QED) is 0.430. The molecule has 1 aliphatic rings. The van der Waals surface area contributed by atoms with Crippen LogP contribution < -0.4 is 9.47 Å². The first kappa shape index (κ1) is 7.09. The minimum absolute atomic E-state index is 0.117. The molecule has 1 aromatic rings. The summed E-state index contributed by atoms with van der Waals surface area (Å²) in [6.45, 7) is -0.156. The van der Waals surface area contributed by atoms with E-state index in [-0.39, 0.29) is 18.1 Å². The molecule has 4 heteroatoms. The maximum atomic E-state index is 12.9. The highest BCUT2D eigenvalue weighted by Gasteiger charge is 2.21. The van der Waals surface area contributed by atoms with Crippen LogP contribution in [0, 0.1) is 5.82 Å². The van der Waals surface area contributed by atoms with Gasteiger partial charge in [0.25, 0.3) is 0 Å². The van der Waals surface area contributed by atoms with Gasteiger partial charge in [-0.1, -0.05) is 6.07 Å². The van der Waals surface area contributed by atoms with E-state index in [1.807, 2.05) is 0 Å². The molecular weight excluding hydrogens is 163 g/mol. The molecule has 0 N–H and O–H groups in total. The average molecular weight is 168 g/mol. The van der Waals surface area contributed by atoms with E-state index in [9.17, 15) is 9.18 Å². The van der Waals surface area contributed by atoms with Gasteiger partial charge in [-0.2, -0.15) is 0 Å². The molecule has 1 aromatic carbocycles. The number of ether oxygens (including phenoxy) is 2. The molecule has 0 saturated heterocycles. The van der Waals surface area contributed by atoms with Crippen molar-refractivity contribution in [1.82, 2.24) is 0 Å². The molecule has 0 amide bonds. The number of hydrogen-bond donors (Lipinski definition) is 0. The van der Waals surface area contributed by atoms with Gasteiger partial charge in [0, 0.05) is 0 Å². The largest absolute Gasteiger partial charge is 0.478 e. The molecule has 0 bridgehead atoms. The van der Waals surface area contributed by atoms with Crippen molar-refractivity contribution in [2.24, 2.45) is 0 Å². The number of benzene rings is 1. The zero-order valence-electron chi connectivity index (χ0n) is 6.04. The lowest BCUT2D eigenvalue weighted by atomic mass is 10.3. The molecule has 0 atom stereocenters. The minimum Gasteiger partial charge on any atom is -0.478 e. The molecule has 1 aliphatic heterocycles. The van der Waals surface area contributed by atoms with Crippen LogP contribution in [0.1, 0.15) is 0 Å². The van der Waals surface area contributed by atoms with Crippen LogP contribution in [-0.2, 0) is 4.79 Å². The van der Waals surface area contributed by atoms with Crippen molar-refractivity contribution in [3.63, 3.8) is 0 Å². The Morgan fingerprint density at radius 1 is 1.42 bits per heavy atom. The predicted molar refractivity (Wildman–Crippen MR) is 37.5 cm³/mol. The smallest absolute Gasteiger partial charge is 0.349 e. The minimum atomic E-state index is -0.583. The van der Waals surface area contributed by atoms with E-state index >= 15 is 0 Å². The van der Waals surface area contributed by atoms with E-state index in [1.165, 1.54) is 12.1 Å². The van der Waals surface area contributed by atoms with E-state index in [0.717, 1.165) is 0 Å². The monoisotopic (exact) mass is 168 g/mol. The first-order valence-electron chi connectivity index (χ1n) is 3.39. The standard InChI is InChI=1S/C8H5FO3/c9-5-2-1-3-6-8(5)12-7(10)4-11-6/h1-3H,4H2. The second-order valence-corrected chi connectivity index (χ2v) is 2.33. The lowest BCUT2D eigenvalue weighted by Gasteiger charge is -2.16. The summed E-state index contributed by atoms with van der Waals surface area (Å²) in [4.78, 5) is 10.7. The summed E-state index contributed by atoms with van der Waals surface area (Å²) < 4.78 is 22.4. The van der Waals surface area contributed by atoms with Gasteiger partial charge in [-0.25, -0.2) is 9.18 Å². The summed E-state index contributed by atoms with van der Waals surface area (Å²) >= 11 is 0. The second-order valence-electron chi connectivity index (χ2n) is 2.33. The van der Waals surface area contributed by atoms with Crippen LogP contribution in [0.25, 0.3) is 0 Å². The summed E-state index contributed by atoms with van der Waals surface area (Å²) in [7, 11) is 0. The van der Waals surface area contributed by atoms with Gasteiger partial charge in [-0.15, -0.1) is 0 Å². The van der Waals surface area contributed by atoms with Gasteiger partial charge in [0.2, 0.25) is 5.75 Å². The van der Waals surface area contributed by atoms with E-state index < -0.39 is 11.8 Å². The van der Waals surface area contributed by atoms with Crippen molar-refractivity contribution in [2.75, 3.05) is 6.61 Å². The van der Waals surface area contributed by atoms with Crippen LogP contribution in [0.5, 0.6) is 11.5 Å². The van der Waals surface area contributed by atoms with Crippen molar-refractivity contribution in [3.05, 3.63) is 24.0 Å². The number of para-hydroxylation sites is 1.